The molecule has 0 aliphatic carbocycles. The highest BCUT2D eigenvalue weighted by Crippen LogP contribution is 2.48. The maximum atomic E-state index is 13.0. The number of hydrogen-bond acceptors (Lipinski definition) is 6. The van der Waals surface area contributed by atoms with Crippen molar-refractivity contribution in [3.05, 3.63) is 108 Å². The second-order valence-corrected chi connectivity index (χ2v) is 10.6. The molecule has 2 amide bonds. The van der Waals surface area contributed by atoms with Crippen molar-refractivity contribution in [3.63, 3.8) is 0 Å². The average molecular weight is 521 g/mol. The van der Waals surface area contributed by atoms with Crippen LogP contribution in [0.2, 0.25) is 0 Å². The fourth-order valence-corrected chi connectivity index (χ4v) is 5.65. The van der Waals surface area contributed by atoms with Gasteiger partial charge in [0, 0.05) is 5.75 Å². The zero-order chi connectivity index (χ0) is 27.1. The third-order valence-corrected chi connectivity index (χ3v) is 7.25. The molecule has 0 aliphatic rings. The number of carboxylic acid groups (broad SMARTS) is 1. The number of benzene rings is 3. The van der Waals surface area contributed by atoms with Gasteiger partial charge < -0.3 is 15.6 Å². The zero-order valence-electron chi connectivity index (χ0n) is 21.2. The normalized spacial score (nSPS) is 12.4. The molecule has 0 aliphatic heterocycles. The molecule has 0 heterocycles. The van der Waals surface area contributed by atoms with E-state index in [0.29, 0.717) is 4.90 Å². The summed E-state index contributed by atoms with van der Waals surface area (Å²) >= 11 is 1.33. The standard InChI is InChI=1S/C29H32N2O5S/c1-28(2,3)36-27(35)31(25(32)19-30)24(26(33)34)20-37-29(21-13-7-4-8-14-21,22-15-9-5-10-16-22)23-17-11-6-12-18-23/h4-18,24H,19-20,30H2,1-3H3,(H,33,34)/t24-/m0/s1. The van der Waals surface area contributed by atoms with Gasteiger partial charge in [0.15, 0.2) is 0 Å². The zero-order valence-corrected chi connectivity index (χ0v) is 22.0. The SMILES string of the molecule is CC(C)(C)OC(=O)N(C(=O)CN)[C@@H](CSC(c1ccccc1)(c1ccccc1)c1ccccc1)C(=O)O. The molecule has 194 valence electrons. The van der Waals surface area contributed by atoms with E-state index in [2.05, 4.69) is 0 Å². The Balaban J connectivity index is 2.14. The molecule has 0 saturated carbocycles. The van der Waals surface area contributed by atoms with Gasteiger partial charge in [-0.3, -0.25) is 4.79 Å². The number of nitrogens with two attached hydrogens (primary N) is 1. The molecular weight excluding hydrogens is 488 g/mol. The van der Waals surface area contributed by atoms with Crippen molar-refractivity contribution in [2.45, 2.75) is 37.2 Å². The third kappa shape index (κ3) is 6.58. The van der Waals surface area contributed by atoms with Gasteiger partial charge in [-0.05, 0) is 37.5 Å². The molecule has 37 heavy (non-hydrogen) atoms. The molecule has 3 aromatic rings. The highest BCUT2D eigenvalue weighted by molar-refractivity contribution is 8.00. The van der Waals surface area contributed by atoms with E-state index in [-0.39, 0.29) is 5.75 Å². The van der Waals surface area contributed by atoms with Crippen molar-refractivity contribution < 1.29 is 24.2 Å². The lowest BCUT2D eigenvalue weighted by molar-refractivity contribution is -0.148. The first kappa shape index (κ1) is 28.0. The quantitative estimate of drug-likeness (QED) is 0.387. The second kappa shape index (κ2) is 12.1. The monoisotopic (exact) mass is 520 g/mol. The predicted octanol–water partition coefficient (Wildman–Crippen LogP) is 4.89. The summed E-state index contributed by atoms with van der Waals surface area (Å²) in [5.41, 5.74) is 7.42. The molecule has 0 aromatic heterocycles. The van der Waals surface area contributed by atoms with Crippen molar-refractivity contribution in [2.24, 2.45) is 5.73 Å². The lowest BCUT2D eigenvalue weighted by Crippen LogP contribution is -2.53. The average Bonchev–Trinajstić information content (AvgIpc) is 2.88. The van der Waals surface area contributed by atoms with Gasteiger partial charge >= 0.3 is 12.1 Å². The number of amides is 2. The minimum Gasteiger partial charge on any atom is -0.480 e. The Morgan fingerprint density at radius 3 is 1.57 bits per heavy atom. The summed E-state index contributed by atoms with van der Waals surface area (Å²) in [6.45, 7) is 4.40. The van der Waals surface area contributed by atoms with Crippen LogP contribution >= 0.6 is 11.8 Å². The molecule has 0 saturated heterocycles. The van der Waals surface area contributed by atoms with Gasteiger partial charge in [0.25, 0.3) is 0 Å². The number of nitrogens with zero attached hydrogens (tertiary/aromatic N) is 1. The number of carbonyl (C=O) groups excluding carboxylic acids is 2. The fraction of sp³-hybridized carbons (Fsp3) is 0.276. The number of aliphatic carboxylic acids is 1. The van der Waals surface area contributed by atoms with E-state index in [4.69, 9.17) is 10.5 Å². The number of thioether (sulfide) groups is 1. The molecule has 3 aromatic carbocycles. The van der Waals surface area contributed by atoms with Crippen molar-refractivity contribution in [3.8, 4) is 0 Å². The third-order valence-electron chi connectivity index (χ3n) is 5.63. The minimum absolute atomic E-state index is 0.112. The maximum absolute atomic E-state index is 13.0. The number of ether oxygens (including phenoxy) is 1. The Bertz CT molecular complexity index is 1100. The van der Waals surface area contributed by atoms with Crippen molar-refractivity contribution in [2.75, 3.05) is 12.3 Å². The predicted molar refractivity (Wildman–Crippen MR) is 145 cm³/mol. The van der Waals surface area contributed by atoms with Gasteiger partial charge in [-0.2, -0.15) is 0 Å². The fourth-order valence-electron chi connectivity index (χ4n) is 4.04. The molecule has 0 bridgehead atoms. The lowest BCUT2D eigenvalue weighted by atomic mass is 9.84. The first-order valence-electron chi connectivity index (χ1n) is 11.9. The molecule has 3 N–H and O–H groups in total. The Kier molecular flexibility index (Phi) is 9.13. The van der Waals surface area contributed by atoms with Crippen LogP contribution in [0.1, 0.15) is 37.5 Å². The second-order valence-electron chi connectivity index (χ2n) is 9.39. The van der Waals surface area contributed by atoms with E-state index < -0.39 is 40.9 Å². The Morgan fingerprint density at radius 1 is 0.838 bits per heavy atom. The highest BCUT2D eigenvalue weighted by atomic mass is 32.2. The Labute approximate surface area is 221 Å². The molecule has 0 fully saturated rings. The van der Waals surface area contributed by atoms with Gasteiger partial charge in [0.05, 0.1) is 11.3 Å². The first-order chi connectivity index (χ1) is 17.6. The van der Waals surface area contributed by atoms with E-state index >= 15 is 0 Å². The number of carbonyl (C=O) groups is 3. The number of rotatable bonds is 9. The molecule has 1 atom stereocenters. The summed E-state index contributed by atoms with van der Waals surface area (Å²) in [5, 5.41) is 10.2. The molecule has 0 radical (unpaired) electrons. The van der Waals surface area contributed by atoms with Crippen LogP contribution < -0.4 is 5.73 Å². The van der Waals surface area contributed by atoms with E-state index in [0.717, 1.165) is 16.7 Å². The molecule has 3 rings (SSSR count). The van der Waals surface area contributed by atoms with Crippen LogP contribution in [0, 0.1) is 0 Å². The first-order valence-corrected chi connectivity index (χ1v) is 12.9. The van der Waals surface area contributed by atoms with Crippen molar-refractivity contribution >= 4 is 29.7 Å². The van der Waals surface area contributed by atoms with E-state index in [9.17, 15) is 19.5 Å². The summed E-state index contributed by atoms with van der Waals surface area (Å²) in [6, 6.07) is 27.7. The Morgan fingerprint density at radius 2 is 1.24 bits per heavy atom. The van der Waals surface area contributed by atoms with E-state index in [1.807, 2.05) is 91.0 Å². The topological polar surface area (TPSA) is 110 Å². The van der Waals surface area contributed by atoms with Crippen molar-refractivity contribution in [1.29, 1.82) is 0 Å². The van der Waals surface area contributed by atoms with Crippen molar-refractivity contribution in [1.82, 2.24) is 4.90 Å². The summed E-state index contributed by atoms with van der Waals surface area (Å²) in [5.74, 6) is -2.27. The summed E-state index contributed by atoms with van der Waals surface area (Å²) in [4.78, 5) is 38.9. The van der Waals surface area contributed by atoms with E-state index in [1.54, 1.807) is 20.8 Å². The summed E-state index contributed by atoms with van der Waals surface area (Å²) in [7, 11) is 0. The van der Waals surface area contributed by atoms with Crippen LogP contribution in [0.25, 0.3) is 0 Å². The summed E-state index contributed by atoms with van der Waals surface area (Å²) < 4.78 is 4.55. The highest BCUT2D eigenvalue weighted by Gasteiger charge is 2.42. The van der Waals surface area contributed by atoms with E-state index in [1.165, 1.54) is 11.8 Å². The van der Waals surface area contributed by atoms with Crippen LogP contribution in [0.4, 0.5) is 4.79 Å². The smallest absolute Gasteiger partial charge is 0.417 e. The van der Waals surface area contributed by atoms with Gasteiger partial charge in [-0.1, -0.05) is 91.0 Å². The van der Waals surface area contributed by atoms with Gasteiger partial charge in [0.2, 0.25) is 5.91 Å². The summed E-state index contributed by atoms with van der Waals surface area (Å²) in [6.07, 6.45) is -1.04. The number of imide groups is 1. The molecular formula is C29H32N2O5S. The van der Waals surface area contributed by atoms with Gasteiger partial charge in [0.1, 0.15) is 11.6 Å². The number of carboxylic acids is 1. The Hall–Kier alpha value is -3.62. The maximum Gasteiger partial charge on any atom is 0.417 e. The van der Waals surface area contributed by atoms with Crippen LogP contribution in [-0.4, -0.2) is 51.9 Å². The van der Waals surface area contributed by atoms with Gasteiger partial charge in [-0.15, -0.1) is 11.8 Å². The van der Waals surface area contributed by atoms with Crippen LogP contribution in [0.15, 0.2) is 91.0 Å². The van der Waals surface area contributed by atoms with Crippen LogP contribution in [0.5, 0.6) is 0 Å². The van der Waals surface area contributed by atoms with Gasteiger partial charge in [-0.25, -0.2) is 14.5 Å². The molecule has 7 nitrogen and oxygen atoms in total. The number of hydrogen-bond donors (Lipinski definition) is 2. The van der Waals surface area contributed by atoms with Crippen LogP contribution in [-0.2, 0) is 19.1 Å². The molecule has 0 unspecified atom stereocenters. The molecule has 8 heteroatoms. The largest absolute Gasteiger partial charge is 0.480 e. The minimum atomic E-state index is -1.51. The van der Waals surface area contributed by atoms with Crippen LogP contribution in [0.3, 0.4) is 0 Å². The molecule has 0 spiro atoms. The lowest BCUT2D eigenvalue weighted by Gasteiger charge is -2.37.